The van der Waals surface area contributed by atoms with Crippen LogP contribution in [0.1, 0.15) is 36.0 Å². The van der Waals surface area contributed by atoms with Crippen LogP contribution in [0.5, 0.6) is 5.75 Å². The van der Waals surface area contributed by atoms with Crippen molar-refractivity contribution >= 4 is 5.91 Å². The Morgan fingerprint density at radius 1 is 1.37 bits per heavy atom. The second-order valence-electron chi connectivity index (χ2n) is 4.98. The van der Waals surface area contributed by atoms with Crippen LogP contribution in [-0.2, 0) is 0 Å². The Balaban J connectivity index is 1.93. The van der Waals surface area contributed by atoms with Gasteiger partial charge in [-0.1, -0.05) is 12.8 Å². The fraction of sp³-hybridized carbons (Fsp3) is 0.500. The van der Waals surface area contributed by atoms with Gasteiger partial charge in [-0.05, 0) is 25.0 Å². The number of carbonyl (C=O) groups is 1. The van der Waals surface area contributed by atoms with Gasteiger partial charge in [-0.25, -0.2) is 4.39 Å². The van der Waals surface area contributed by atoms with Crippen LogP contribution in [0.3, 0.4) is 0 Å². The van der Waals surface area contributed by atoms with Crippen LogP contribution in [0.15, 0.2) is 18.2 Å². The largest absolute Gasteiger partial charge is 0.507 e. The Bertz CT molecular complexity index is 464. The normalized spacial score (nSPS) is 23.1. The molecular weight excluding hydrogens is 249 g/mol. The number of nitrogens with one attached hydrogen (secondary N) is 1. The fourth-order valence-corrected chi connectivity index (χ4v) is 2.44. The highest BCUT2D eigenvalue weighted by Crippen LogP contribution is 2.24. The number of aliphatic hydroxyl groups is 1. The molecule has 3 N–H and O–H groups in total. The Hall–Kier alpha value is -1.62. The number of rotatable bonds is 3. The summed E-state index contributed by atoms with van der Waals surface area (Å²) in [6, 6.07) is 3.28. The van der Waals surface area contributed by atoms with Gasteiger partial charge in [0.05, 0.1) is 11.7 Å². The van der Waals surface area contributed by atoms with Crippen LogP contribution in [0.25, 0.3) is 0 Å². The summed E-state index contributed by atoms with van der Waals surface area (Å²) in [6.07, 6.45) is 3.35. The van der Waals surface area contributed by atoms with Crippen molar-refractivity contribution in [2.45, 2.75) is 31.8 Å². The van der Waals surface area contributed by atoms with Crippen LogP contribution in [0, 0.1) is 11.7 Å². The molecule has 104 valence electrons. The van der Waals surface area contributed by atoms with Crippen molar-refractivity contribution in [1.29, 1.82) is 0 Å². The van der Waals surface area contributed by atoms with Gasteiger partial charge in [0.25, 0.3) is 5.91 Å². The molecule has 0 spiro atoms. The van der Waals surface area contributed by atoms with Crippen LogP contribution in [-0.4, -0.2) is 28.8 Å². The first-order valence-corrected chi connectivity index (χ1v) is 6.52. The third kappa shape index (κ3) is 3.44. The molecule has 0 aromatic heterocycles. The van der Waals surface area contributed by atoms with Crippen molar-refractivity contribution in [1.82, 2.24) is 5.32 Å². The molecule has 0 heterocycles. The Kier molecular flexibility index (Phi) is 4.37. The molecule has 2 unspecified atom stereocenters. The number of hydrogen-bond acceptors (Lipinski definition) is 3. The quantitative estimate of drug-likeness (QED) is 0.782. The molecule has 0 aliphatic heterocycles. The third-order valence-electron chi connectivity index (χ3n) is 3.60. The van der Waals surface area contributed by atoms with Crippen molar-refractivity contribution < 1.29 is 19.4 Å². The third-order valence-corrected chi connectivity index (χ3v) is 3.60. The molecule has 0 saturated heterocycles. The smallest absolute Gasteiger partial charge is 0.255 e. The summed E-state index contributed by atoms with van der Waals surface area (Å²) in [4.78, 5) is 11.9. The van der Waals surface area contributed by atoms with E-state index in [1.54, 1.807) is 0 Å². The van der Waals surface area contributed by atoms with Gasteiger partial charge in [0.15, 0.2) is 0 Å². The van der Waals surface area contributed by atoms with E-state index in [0.717, 1.165) is 37.8 Å². The standard InChI is InChI=1S/C14H18FNO3/c15-10-5-6-11(13(18)7-10)14(19)16-8-9-3-1-2-4-12(9)17/h5-7,9,12,17-18H,1-4,8H2,(H,16,19). The summed E-state index contributed by atoms with van der Waals surface area (Å²) in [7, 11) is 0. The van der Waals surface area contributed by atoms with Crippen LogP contribution >= 0.6 is 0 Å². The number of amides is 1. The maximum atomic E-state index is 12.8. The van der Waals surface area contributed by atoms with Gasteiger partial charge >= 0.3 is 0 Å². The van der Waals surface area contributed by atoms with Gasteiger partial charge in [0.2, 0.25) is 0 Å². The molecule has 1 fully saturated rings. The molecule has 1 aromatic rings. The minimum Gasteiger partial charge on any atom is -0.507 e. The lowest BCUT2D eigenvalue weighted by Crippen LogP contribution is -2.36. The number of aromatic hydroxyl groups is 1. The minimum absolute atomic E-state index is 0.0479. The minimum atomic E-state index is -0.586. The van der Waals surface area contributed by atoms with E-state index in [0.29, 0.717) is 6.54 Å². The molecule has 1 saturated carbocycles. The zero-order chi connectivity index (χ0) is 13.8. The van der Waals surface area contributed by atoms with E-state index in [1.807, 2.05) is 0 Å². The molecule has 19 heavy (non-hydrogen) atoms. The highest BCUT2D eigenvalue weighted by atomic mass is 19.1. The maximum absolute atomic E-state index is 12.8. The monoisotopic (exact) mass is 267 g/mol. The van der Waals surface area contributed by atoms with E-state index in [2.05, 4.69) is 5.32 Å². The Labute approximate surface area is 111 Å². The molecule has 0 radical (unpaired) electrons. The first kappa shape index (κ1) is 13.8. The average molecular weight is 267 g/mol. The highest BCUT2D eigenvalue weighted by Gasteiger charge is 2.23. The van der Waals surface area contributed by atoms with Crippen LogP contribution < -0.4 is 5.32 Å². The van der Waals surface area contributed by atoms with E-state index >= 15 is 0 Å². The van der Waals surface area contributed by atoms with E-state index in [1.165, 1.54) is 6.07 Å². The molecule has 1 aliphatic rings. The van der Waals surface area contributed by atoms with Gasteiger partial charge in [-0.15, -0.1) is 0 Å². The van der Waals surface area contributed by atoms with Gasteiger partial charge < -0.3 is 15.5 Å². The molecule has 1 aliphatic carbocycles. The van der Waals surface area contributed by atoms with Gasteiger partial charge in [-0.3, -0.25) is 4.79 Å². The number of hydrogen-bond donors (Lipinski definition) is 3. The molecule has 1 amide bonds. The fourth-order valence-electron chi connectivity index (χ4n) is 2.44. The predicted octanol–water partition coefficient (Wildman–Crippen LogP) is 1.81. The van der Waals surface area contributed by atoms with Crippen molar-refractivity contribution in [2.75, 3.05) is 6.54 Å². The first-order valence-electron chi connectivity index (χ1n) is 6.52. The number of halogens is 1. The molecule has 2 atom stereocenters. The molecule has 2 rings (SSSR count). The lowest BCUT2D eigenvalue weighted by atomic mass is 9.86. The van der Waals surface area contributed by atoms with E-state index in [4.69, 9.17) is 0 Å². The highest BCUT2D eigenvalue weighted by molar-refractivity contribution is 5.96. The maximum Gasteiger partial charge on any atom is 0.255 e. The second-order valence-corrected chi connectivity index (χ2v) is 4.98. The number of phenols is 1. The summed E-state index contributed by atoms with van der Waals surface area (Å²) in [6.45, 7) is 0.372. The van der Waals surface area contributed by atoms with Crippen molar-refractivity contribution in [3.8, 4) is 5.75 Å². The summed E-state index contributed by atoms with van der Waals surface area (Å²) in [5.74, 6) is -1.35. The van der Waals surface area contributed by atoms with Crippen molar-refractivity contribution in [3.05, 3.63) is 29.6 Å². The topological polar surface area (TPSA) is 69.6 Å². The molecule has 5 heteroatoms. The lowest BCUT2D eigenvalue weighted by molar-refractivity contribution is 0.0662. The van der Waals surface area contributed by atoms with Gasteiger partial charge in [-0.2, -0.15) is 0 Å². The number of carbonyl (C=O) groups excluding carboxylic acids is 1. The Morgan fingerprint density at radius 3 is 2.79 bits per heavy atom. The average Bonchev–Trinajstić information content (AvgIpc) is 2.37. The van der Waals surface area contributed by atoms with Crippen LogP contribution in [0.2, 0.25) is 0 Å². The molecule has 4 nitrogen and oxygen atoms in total. The van der Waals surface area contributed by atoms with Gasteiger partial charge in [0, 0.05) is 18.5 Å². The summed E-state index contributed by atoms with van der Waals surface area (Å²) < 4.78 is 12.8. The zero-order valence-electron chi connectivity index (χ0n) is 10.6. The van der Waals surface area contributed by atoms with E-state index in [9.17, 15) is 19.4 Å². The van der Waals surface area contributed by atoms with Crippen molar-refractivity contribution in [2.24, 2.45) is 5.92 Å². The molecule has 0 bridgehead atoms. The first-order chi connectivity index (χ1) is 9.08. The van der Waals surface area contributed by atoms with E-state index < -0.39 is 11.7 Å². The number of aliphatic hydroxyl groups excluding tert-OH is 1. The summed E-state index contributed by atoms with van der Waals surface area (Å²) in [5.41, 5.74) is 0.0479. The van der Waals surface area contributed by atoms with E-state index in [-0.39, 0.29) is 23.3 Å². The van der Waals surface area contributed by atoms with Gasteiger partial charge in [0.1, 0.15) is 11.6 Å². The summed E-state index contributed by atoms with van der Waals surface area (Å²) in [5, 5.41) is 22.0. The van der Waals surface area contributed by atoms with Crippen molar-refractivity contribution in [3.63, 3.8) is 0 Å². The van der Waals surface area contributed by atoms with Crippen LogP contribution in [0.4, 0.5) is 4.39 Å². The summed E-state index contributed by atoms with van der Waals surface area (Å²) >= 11 is 0. The second kappa shape index (κ2) is 6.02. The number of benzene rings is 1. The zero-order valence-corrected chi connectivity index (χ0v) is 10.6. The number of phenolic OH excluding ortho intramolecular Hbond substituents is 1. The Morgan fingerprint density at radius 2 is 2.11 bits per heavy atom. The molecule has 1 aromatic carbocycles. The SMILES string of the molecule is O=C(NCC1CCCCC1O)c1ccc(F)cc1O. The molecular formula is C14H18FNO3. The lowest BCUT2D eigenvalue weighted by Gasteiger charge is -2.27. The predicted molar refractivity (Wildman–Crippen MR) is 68.4 cm³/mol.